The Labute approximate surface area is 190 Å². The summed E-state index contributed by atoms with van der Waals surface area (Å²) < 4.78 is 6.90. The highest BCUT2D eigenvalue weighted by Crippen LogP contribution is 2.26. The second kappa shape index (κ2) is 8.68. The van der Waals surface area contributed by atoms with E-state index in [0.717, 1.165) is 41.6 Å². The quantitative estimate of drug-likeness (QED) is 0.467. The predicted molar refractivity (Wildman–Crippen MR) is 123 cm³/mol. The Hall–Kier alpha value is -3.30. The van der Waals surface area contributed by atoms with Gasteiger partial charge >= 0.3 is 0 Å². The number of hydrogen-bond acceptors (Lipinski definition) is 7. The lowest BCUT2D eigenvalue weighted by Crippen LogP contribution is -2.48. The average Bonchev–Trinajstić information content (AvgIpc) is 3.42. The first-order valence-electron chi connectivity index (χ1n) is 10.5. The van der Waals surface area contributed by atoms with Crippen LogP contribution in [0.25, 0.3) is 16.2 Å². The standard InChI is InChI=1S/C23H24N6O2S/c1-16-20(21-24-8-3-9-29(21)26-16)23(30)28-12-10-27(11-13-28)14-18-15-32-22(25-18)17-4-6-19(31-2)7-5-17/h3-9,15H,10-14H2,1-2H3. The van der Waals surface area contributed by atoms with Gasteiger partial charge in [-0.2, -0.15) is 5.10 Å². The van der Waals surface area contributed by atoms with Crippen molar-refractivity contribution in [2.45, 2.75) is 13.5 Å². The fraction of sp³-hybridized carbons (Fsp3) is 0.304. The van der Waals surface area contributed by atoms with Gasteiger partial charge in [0, 0.05) is 56.1 Å². The molecule has 5 rings (SSSR count). The topological polar surface area (TPSA) is 75.9 Å². The fourth-order valence-electron chi connectivity index (χ4n) is 3.99. The number of piperazine rings is 1. The van der Waals surface area contributed by atoms with Crippen molar-refractivity contribution in [3.63, 3.8) is 0 Å². The van der Waals surface area contributed by atoms with Crippen molar-refractivity contribution in [3.05, 3.63) is 65.1 Å². The largest absolute Gasteiger partial charge is 0.497 e. The van der Waals surface area contributed by atoms with Crippen LogP contribution < -0.4 is 4.74 Å². The van der Waals surface area contributed by atoms with Crippen LogP contribution in [-0.2, 0) is 6.54 Å². The van der Waals surface area contributed by atoms with Gasteiger partial charge in [-0.1, -0.05) is 0 Å². The maximum atomic E-state index is 13.2. The summed E-state index contributed by atoms with van der Waals surface area (Å²) in [6, 6.07) is 9.78. The molecule has 1 fully saturated rings. The number of benzene rings is 1. The monoisotopic (exact) mass is 448 g/mol. The van der Waals surface area contributed by atoms with E-state index in [0.29, 0.717) is 30.0 Å². The molecule has 0 spiro atoms. The zero-order chi connectivity index (χ0) is 22.1. The lowest BCUT2D eigenvalue weighted by molar-refractivity contribution is 0.0628. The molecule has 0 bridgehead atoms. The summed E-state index contributed by atoms with van der Waals surface area (Å²) in [6.07, 6.45) is 3.51. The molecule has 164 valence electrons. The molecular weight excluding hydrogens is 424 g/mol. The second-order valence-corrected chi connectivity index (χ2v) is 8.65. The summed E-state index contributed by atoms with van der Waals surface area (Å²) in [7, 11) is 1.67. The second-order valence-electron chi connectivity index (χ2n) is 7.79. The van der Waals surface area contributed by atoms with E-state index in [2.05, 4.69) is 20.4 Å². The number of hydrogen-bond donors (Lipinski definition) is 0. The van der Waals surface area contributed by atoms with Gasteiger partial charge in [-0.05, 0) is 37.3 Å². The number of carbonyl (C=O) groups excluding carboxylic acids is 1. The number of aryl methyl sites for hydroxylation is 1. The Morgan fingerprint density at radius 3 is 2.69 bits per heavy atom. The Kier molecular flexibility index (Phi) is 5.59. The molecule has 0 aliphatic carbocycles. The van der Waals surface area contributed by atoms with Crippen LogP contribution in [0.2, 0.25) is 0 Å². The third kappa shape index (κ3) is 3.96. The first-order chi connectivity index (χ1) is 15.6. The Morgan fingerprint density at radius 2 is 1.94 bits per heavy atom. The third-order valence-electron chi connectivity index (χ3n) is 5.72. The van der Waals surface area contributed by atoms with E-state index in [4.69, 9.17) is 9.72 Å². The van der Waals surface area contributed by atoms with Crippen LogP contribution in [0.5, 0.6) is 5.75 Å². The van der Waals surface area contributed by atoms with Gasteiger partial charge in [-0.25, -0.2) is 14.5 Å². The fourth-order valence-corrected chi connectivity index (χ4v) is 4.81. The number of ether oxygens (including phenoxy) is 1. The number of fused-ring (bicyclic) bond motifs is 1. The van der Waals surface area contributed by atoms with Gasteiger partial charge in [-0.15, -0.1) is 11.3 Å². The van der Waals surface area contributed by atoms with E-state index in [-0.39, 0.29) is 5.91 Å². The highest BCUT2D eigenvalue weighted by molar-refractivity contribution is 7.13. The Balaban J connectivity index is 1.21. The van der Waals surface area contributed by atoms with E-state index in [1.165, 1.54) is 0 Å². The molecule has 1 aliphatic rings. The van der Waals surface area contributed by atoms with Gasteiger partial charge in [0.2, 0.25) is 0 Å². The smallest absolute Gasteiger partial charge is 0.259 e. The molecular formula is C23H24N6O2S. The Morgan fingerprint density at radius 1 is 1.16 bits per heavy atom. The molecule has 4 heterocycles. The number of amides is 1. The van der Waals surface area contributed by atoms with Crippen molar-refractivity contribution in [1.29, 1.82) is 0 Å². The number of rotatable bonds is 5. The predicted octanol–water partition coefficient (Wildman–Crippen LogP) is 3.13. The van der Waals surface area contributed by atoms with Crippen molar-refractivity contribution in [1.82, 2.24) is 29.4 Å². The molecule has 1 aromatic carbocycles. The lowest BCUT2D eigenvalue weighted by atomic mass is 10.2. The molecule has 0 saturated carbocycles. The van der Waals surface area contributed by atoms with Gasteiger partial charge in [0.15, 0.2) is 5.65 Å². The van der Waals surface area contributed by atoms with Gasteiger partial charge in [0.1, 0.15) is 16.3 Å². The molecule has 0 unspecified atom stereocenters. The van der Waals surface area contributed by atoms with E-state index in [1.54, 1.807) is 29.2 Å². The minimum absolute atomic E-state index is 0.00583. The highest BCUT2D eigenvalue weighted by atomic mass is 32.1. The maximum absolute atomic E-state index is 13.2. The van der Waals surface area contributed by atoms with Crippen LogP contribution in [0, 0.1) is 6.92 Å². The van der Waals surface area contributed by atoms with Crippen LogP contribution in [-0.4, -0.2) is 68.6 Å². The maximum Gasteiger partial charge on any atom is 0.259 e. The number of carbonyl (C=O) groups is 1. The van der Waals surface area contributed by atoms with Crippen LogP contribution in [0.3, 0.4) is 0 Å². The summed E-state index contributed by atoms with van der Waals surface area (Å²) in [5, 5.41) is 7.54. The third-order valence-corrected chi connectivity index (χ3v) is 6.66. The first kappa shape index (κ1) is 20.6. The molecule has 1 amide bonds. The molecule has 1 aliphatic heterocycles. The zero-order valence-electron chi connectivity index (χ0n) is 18.1. The van der Waals surface area contributed by atoms with Gasteiger partial charge in [0.25, 0.3) is 5.91 Å². The van der Waals surface area contributed by atoms with Crippen LogP contribution in [0.15, 0.2) is 48.1 Å². The molecule has 3 aromatic heterocycles. The Bertz CT molecular complexity index is 1240. The summed E-state index contributed by atoms with van der Waals surface area (Å²) in [6.45, 7) is 5.63. The van der Waals surface area contributed by atoms with E-state index in [1.807, 2.05) is 48.4 Å². The molecule has 4 aromatic rings. The van der Waals surface area contributed by atoms with Gasteiger partial charge < -0.3 is 9.64 Å². The average molecular weight is 449 g/mol. The van der Waals surface area contributed by atoms with Crippen molar-refractivity contribution in [2.24, 2.45) is 0 Å². The van der Waals surface area contributed by atoms with Gasteiger partial charge in [-0.3, -0.25) is 9.69 Å². The summed E-state index contributed by atoms with van der Waals surface area (Å²) >= 11 is 1.65. The van der Waals surface area contributed by atoms with Crippen LogP contribution in [0.1, 0.15) is 21.7 Å². The van der Waals surface area contributed by atoms with E-state index in [9.17, 15) is 4.79 Å². The number of aromatic nitrogens is 4. The summed E-state index contributed by atoms with van der Waals surface area (Å²) in [5.41, 5.74) is 4.08. The summed E-state index contributed by atoms with van der Waals surface area (Å²) in [4.78, 5) is 26.6. The molecule has 1 saturated heterocycles. The van der Waals surface area contributed by atoms with Crippen molar-refractivity contribution in [2.75, 3.05) is 33.3 Å². The lowest BCUT2D eigenvalue weighted by Gasteiger charge is -2.34. The number of thiazole rings is 1. The van der Waals surface area contributed by atoms with Crippen LogP contribution >= 0.6 is 11.3 Å². The van der Waals surface area contributed by atoms with E-state index < -0.39 is 0 Å². The molecule has 0 radical (unpaired) electrons. The normalized spacial score (nSPS) is 14.8. The van der Waals surface area contributed by atoms with Gasteiger partial charge in [0.05, 0.1) is 18.5 Å². The molecule has 0 atom stereocenters. The van der Waals surface area contributed by atoms with Crippen molar-refractivity contribution >= 4 is 22.9 Å². The van der Waals surface area contributed by atoms with Crippen LogP contribution in [0.4, 0.5) is 0 Å². The van der Waals surface area contributed by atoms with E-state index >= 15 is 0 Å². The minimum Gasteiger partial charge on any atom is -0.497 e. The molecule has 32 heavy (non-hydrogen) atoms. The zero-order valence-corrected chi connectivity index (χ0v) is 18.9. The minimum atomic E-state index is 0.00583. The highest BCUT2D eigenvalue weighted by Gasteiger charge is 2.27. The van der Waals surface area contributed by atoms with Crippen molar-refractivity contribution in [3.8, 4) is 16.3 Å². The number of nitrogens with zero attached hydrogens (tertiary/aromatic N) is 6. The summed E-state index contributed by atoms with van der Waals surface area (Å²) in [5.74, 6) is 0.847. The SMILES string of the molecule is COc1ccc(-c2nc(CN3CCN(C(=O)c4c(C)nn5cccnc45)CC3)cs2)cc1. The molecule has 9 heteroatoms. The van der Waals surface area contributed by atoms with Crippen molar-refractivity contribution < 1.29 is 9.53 Å². The molecule has 0 N–H and O–H groups in total. The first-order valence-corrected chi connectivity index (χ1v) is 11.4. The number of methoxy groups -OCH3 is 1. The molecule has 8 nitrogen and oxygen atoms in total.